The van der Waals surface area contributed by atoms with E-state index in [0.29, 0.717) is 24.9 Å². The van der Waals surface area contributed by atoms with Crippen LogP contribution in [-0.2, 0) is 21.4 Å². The minimum atomic E-state index is -3.28. The van der Waals surface area contributed by atoms with Crippen LogP contribution in [0.5, 0.6) is 0 Å². The van der Waals surface area contributed by atoms with Crippen LogP contribution in [0.2, 0.25) is 0 Å². The monoisotopic (exact) mass is 328 g/mol. The Morgan fingerprint density at radius 3 is 2.73 bits per heavy atom. The van der Waals surface area contributed by atoms with Gasteiger partial charge in [0, 0.05) is 32.2 Å². The second-order valence-electron chi connectivity index (χ2n) is 5.75. The topological polar surface area (TPSA) is 57.7 Å². The molecule has 1 aliphatic heterocycles. The summed E-state index contributed by atoms with van der Waals surface area (Å²) < 4.78 is 38.2. The van der Waals surface area contributed by atoms with Crippen molar-refractivity contribution in [2.45, 2.75) is 19.4 Å². The zero-order chi connectivity index (χ0) is 16.3. The first kappa shape index (κ1) is 16.9. The molecule has 0 bridgehead atoms. The fourth-order valence-electron chi connectivity index (χ4n) is 2.72. The third kappa shape index (κ3) is 4.04. The Bertz CT molecular complexity index is 648. The number of amides is 1. The summed E-state index contributed by atoms with van der Waals surface area (Å²) in [6, 6.07) is 6.33. The number of halogens is 1. The number of rotatable bonds is 4. The summed E-state index contributed by atoms with van der Waals surface area (Å²) >= 11 is 0. The van der Waals surface area contributed by atoms with Gasteiger partial charge in [-0.15, -0.1) is 0 Å². The lowest BCUT2D eigenvalue weighted by Crippen LogP contribution is -2.45. The van der Waals surface area contributed by atoms with Crippen LogP contribution in [0.15, 0.2) is 24.3 Å². The Morgan fingerprint density at radius 2 is 2.09 bits per heavy atom. The van der Waals surface area contributed by atoms with E-state index in [2.05, 4.69) is 0 Å². The van der Waals surface area contributed by atoms with Gasteiger partial charge >= 0.3 is 0 Å². The van der Waals surface area contributed by atoms with Crippen LogP contribution in [0, 0.1) is 11.7 Å². The molecule has 1 saturated heterocycles. The van der Waals surface area contributed by atoms with Crippen LogP contribution < -0.4 is 0 Å². The van der Waals surface area contributed by atoms with Gasteiger partial charge in [-0.3, -0.25) is 4.79 Å². The number of benzene rings is 1. The van der Waals surface area contributed by atoms with Gasteiger partial charge in [-0.25, -0.2) is 17.1 Å². The third-order valence-corrected chi connectivity index (χ3v) is 5.21. The van der Waals surface area contributed by atoms with E-state index in [9.17, 15) is 17.6 Å². The van der Waals surface area contributed by atoms with Gasteiger partial charge in [0.25, 0.3) is 0 Å². The Kier molecular flexibility index (Phi) is 5.18. The molecule has 1 unspecified atom stereocenters. The molecule has 2 rings (SSSR count). The molecule has 22 heavy (non-hydrogen) atoms. The Labute approximate surface area is 130 Å². The van der Waals surface area contributed by atoms with Crippen LogP contribution >= 0.6 is 0 Å². The lowest BCUT2D eigenvalue weighted by Gasteiger charge is -2.32. The molecule has 0 N–H and O–H groups in total. The third-order valence-electron chi connectivity index (χ3n) is 3.94. The number of piperidine rings is 1. The molecule has 122 valence electrons. The second kappa shape index (κ2) is 6.75. The molecular formula is C15H21FN2O3S. The number of hydrogen-bond acceptors (Lipinski definition) is 3. The van der Waals surface area contributed by atoms with Crippen molar-refractivity contribution in [3.63, 3.8) is 0 Å². The predicted octanol–water partition coefficient (Wildman–Crippen LogP) is 1.46. The Balaban J connectivity index is 2.03. The van der Waals surface area contributed by atoms with E-state index in [1.807, 2.05) is 0 Å². The maximum Gasteiger partial charge on any atom is 0.227 e. The molecule has 1 fully saturated rings. The minimum absolute atomic E-state index is 0.142. The molecule has 0 spiro atoms. The standard InChI is InChI=1S/C15H21FN2O3S/c1-17(10-12-6-3-4-8-14(12)16)15(19)13-7-5-9-18(11-13)22(2,20)21/h3-4,6,8,13H,5,7,9-11H2,1-2H3. The van der Waals surface area contributed by atoms with Crippen molar-refractivity contribution in [1.82, 2.24) is 9.21 Å². The largest absolute Gasteiger partial charge is 0.341 e. The van der Waals surface area contributed by atoms with Gasteiger partial charge in [0.1, 0.15) is 5.82 Å². The van der Waals surface area contributed by atoms with Crippen LogP contribution in [0.4, 0.5) is 4.39 Å². The average molecular weight is 328 g/mol. The van der Waals surface area contributed by atoms with Gasteiger partial charge in [0.2, 0.25) is 15.9 Å². The van der Waals surface area contributed by atoms with E-state index in [1.165, 1.54) is 15.3 Å². The van der Waals surface area contributed by atoms with E-state index in [-0.39, 0.29) is 30.7 Å². The number of carbonyl (C=O) groups is 1. The van der Waals surface area contributed by atoms with Crippen molar-refractivity contribution in [2.24, 2.45) is 5.92 Å². The lowest BCUT2D eigenvalue weighted by atomic mass is 9.98. The maximum absolute atomic E-state index is 13.6. The van der Waals surface area contributed by atoms with Crippen molar-refractivity contribution >= 4 is 15.9 Å². The van der Waals surface area contributed by atoms with E-state index in [1.54, 1.807) is 25.2 Å². The van der Waals surface area contributed by atoms with Gasteiger partial charge < -0.3 is 4.90 Å². The SMILES string of the molecule is CN(Cc1ccccc1F)C(=O)C1CCCN(S(C)(=O)=O)C1. The Hall–Kier alpha value is -1.47. The molecule has 1 amide bonds. The van der Waals surface area contributed by atoms with Gasteiger partial charge in [0.05, 0.1) is 12.2 Å². The van der Waals surface area contributed by atoms with E-state index in [0.717, 1.165) is 6.26 Å². The molecule has 0 saturated carbocycles. The summed E-state index contributed by atoms with van der Waals surface area (Å²) in [5, 5.41) is 0. The molecule has 1 aliphatic rings. The fourth-order valence-corrected chi connectivity index (χ4v) is 3.63. The predicted molar refractivity (Wildman–Crippen MR) is 82.0 cm³/mol. The van der Waals surface area contributed by atoms with E-state index >= 15 is 0 Å². The van der Waals surface area contributed by atoms with Crippen LogP contribution in [0.3, 0.4) is 0 Å². The normalized spacial score (nSPS) is 19.9. The number of hydrogen-bond donors (Lipinski definition) is 0. The molecule has 1 aromatic carbocycles. The number of nitrogens with zero attached hydrogens (tertiary/aromatic N) is 2. The first-order chi connectivity index (χ1) is 10.3. The maximum atomic E-state index is 13.6. The van der Waals surface area contributed by atoms with Gasteiger partial charge in [-0.05, 0) is 18.9 Å². The molecule has 0 aliphatic carbocycles. The first-order valence-corrected chi connectivity index (χ1v) is 9.07. The molecule has 1 aromatic rings. The summed E-state index contributed by atoms with van der Waals surface area (Å²) in [5.74, 6) is -0.847. The summed E-state index contributed by atoms with van der Waals surface area (Å²) in [5.41, 5.74) is 0.453. The zero-order valence-corrected chi connectivity index (χ0v) is 13.6. The molecule has 0 aromatic heterocycles. The minimum Gasteiger partial charge on any atom is -0.341 e. The van der Waals surface area contributed by atoms with Gasteiger partial charge in [-0.1, -0.05) is 18.2 Å². The smallest absolute Gasteiger partial charge is 0.227 e. The van der Waals surface area contributed by atoms with Crippen molar-refractivity contribution in [3.8, 4) is 0 Å². The van der Waals surface area contributed by atoms with Crippen molar-refractivity contribution in [1.29, 1.82) is 0 Å². The summed E-state index contributed by atoms with van der Waals surface area (Å²) in [7, 11) is -1.66. The van der Waals surface area contributed by atoms with E-state index in [4.69, 9.17) is 0 Å². The number of carbonyl (C=O) groups excluding carboxylic acids is 1. The van der Waals surface area contributed by atoms with Crippen LogP contribution in [0.25, 0.3) is 0 Å². The molecule has 1 heterocycles. The quantitative estimate of drug-likeness (QED) is 0.841. The fraction of sp³-hybridized carbons (Fsp3) is 0.533. The highest BCUT2D eigenvalue weighted by atomic mass is 32.2. The lowest BCUT2D eigenvalue weighted by molar-refractivity contribution is -0.135. The molecule has 1 atom stereocenters. The molecule has 7 heteroatoms. The highest BCUT2D eigenvalue weighted by Gasteiger charge is 2.31. The summed E-state index contributed by atoms with van der Waals surface area (Å²) in [6.07, 6.45) is 2.48. The molecule has 5 nitrogen and oxygen atoms in total. The van der Waals surface area contributed by atoms with Crippen molar-refractivity contribution in [3.05, 3.63) is 35.6 Å². The van der Waals surface area contributed by atoms with Crippen molar-refractivity contribution in [2.75, 3.05) is 26.4 Å². The van der Waals surface area contributed by atoms with Crippen LogP contribution in [0.1, 0.15) is 18.4 Å². The second-order valence-corrected chi connectivity index (χ2v) is 7.73. The van der Waals surface area contributed by atoms with Crippen molar-refractivity contribution < 1.29 is 17.6 Å². The first-order valence-electron chi connectivity index (χ1n) is 7.22. The number of sulfonamides is 1. The molecule has 0 radical (unpaired) electrons. The van der Waals surface area contributed by atoms with Gasteiger partial charge in [-0.2, -0.15) is 0 Å². The molecular weight excluding hydrogens is 307 g/mol. The van der Waals surface area contributed by atoms with Crippen LogP contribution in [-0.4, -0.2) is 49.9 Å². The highest BCUT2D eigenvalue weighted by Crippen LogP contribution is 2.21. The zero-order valence-electron chi connectivity index (χ0n) is 12.8. The summed E-state index contributed by atoms with van der Waals surface area (Å²) in [6.45, 7) is 0.847. The average Bonchev–Trinajstić information content (AvgIpc) is 2.48. The van der Waals surface area contributed by atoms with E-state index < -0.39 is 10.0 Å². The van der Waals surface area contributed by atoms with Gasteiger partial charge in [0.15, 0.2) is 0 Å². The Morgan fingerprint density at radius 1 is 1.41 bits per heavy atom. The summed E-state index contributed by atoms with van der Waals surface area (Å²) in [4.78, 5) is 13.9. The highest BCUT2D eigenvalue weighted by molar-refractivity contribution is 7.88.